The molecule has 1 rings (SSSR count). The lowest BCUT2D eigenvalue weighted by atomic mass is 10.3. The highest BCUT2D eigenvalue weighted by Crippen LogP contribution is 2.06. The van der Waals surface area contributed by atoms with Gasteiger partial charge in [0.15, 0.2) is 5.82 Å². The zero-order valence-electron chi connectivity index (χ0n) is 8.53. The van der Waals surface area contributed by atoms with Crippen LogP contribution < -0.4 is 16.2 Å². The second-order valence-electron chi connectivity index (χ2n) is 3.32. The Balaban J connectivity index is 2.99. The van der Waals surface area contributed by atoms with Gasteiger partial charge in [-0.1, -0.05) is 0 Å². The summed E-state index contributed by atoms with van der Waals surface area (Å²) >= 11 is 0. The molecule has 1 aromatic heterocycles. The van der Waals surface area contributed by atoms with Crippen molar-refractivity contribution in [2.45, 2.75) is 19.9 Å². The number of aromatic nitrogens is 2. The van der Waals surface area contributed by atoms with Crippen LogP contribution in [-0.2, 0) is 0 Å². The normalized spacial score (nSPS) is 10.6. The number of rotatable bonds is 4. The summed E-state index contributed by atoms with van der Waals surface area (Å²) in [5, 5.41) is 0. The Morgan fingerprint density at radius 1 is 1.64 bits per heavy atom. The first-order valence-corrected chi connectivity index (χ1v) is 4.67. The molecule has 0 aromatic carbocycles. The Kier molecular flexibility index (Phi) is 3.64. The number of nitrogens with zero attached hydrogens (tertiary/aromatic N) is 2. The van der Waals surface area contributed by atoms with Crippen molar-refractivity contribution in [3.63, 3.8) is 0 Å². The maximum absolute atomic E-state index is 11.4. The summed E-state index contributed by atoms with van der Waals surface area (Å²) in [6, 6.07) is 0.217. The average molecular weight is 196 g/mol. The van der Waals surface area contributed by atoms with E-state index in [1.165, 1.54) is 6.20 Å². The minimum absolute atomic E-state index is 0.172. The predicted octanol–water partition coefficient (Wildman–Crippen LogP) is -0.0566. The molecule has 0 fully saturated rings. The Bertz CT molecular complexity index is 334. The fourth-order valence-electron chi connectivity index (χ4n) is 1.30. The monoisotopic (exact) mass is 196 g/mol. The van der Waals surface area contributed by atoms with Crippen molar-refractivity contribution >= 4 is 5.82 Å². The molecule has 1 aromatic rings. The van der Waals surface area contributed by atoms with Crippen LogP contribution in [0.4, 0.5) is 5.82 Å². The van der Waals surface area contributed by atoms with Gasteiger partial charge in [0, 0.05) is 31.5 Å². The molecule has 0 unspecified atom stereocenters. The molecule has 0 amide bonds. The van der Waals surface area contributed by atoms with Gasteiger partial charge in [-0.3, -0.25) is 4.79 Å². The van der Waals surface area contributed by atoms with Crippen LogP contribution in [0.5, 0.6) is 0 Å². The van der Waals surface area contributed by atoms with Gasteiger partial charge in [-0.05, 0) is 13.8 Å². The number of nitrogens with one attached hydrogen (secondary N) is 1. The maximum Gasteiger partial charge on any atom is 0.290 e. The van der Waals surface area contributed by atoms with E-state index in [2.05, 4.69) is 9.97 Å². The molecule has 1 heterocycles. The number of H-pyrrole nitrogens is 1. The van der Waals surface area contributed by atoms with Crippen LogP contribution in [0.25, 0.3) is 0 Å². The van der Waals surface area contributed by atoms with Crippen molar-refractivity contribution < 1.29 is 0 Å². The van der Waals surface area contributed by atoms with Gasteiger partial charge < -0.3 is 15.6 Å². The van der Waals surface area contributed by atoms with Crippen LogP contribution in [0.2, 0.25) is 0 Å². The molecule has 14 heavy (non-hydrogen) atoms. The lowest BCUT2D eigenvalue weighted by Crippen LogP contribution is -2.39. The Hall–Kier alpha value is -1.36. The van der Waals surface area contributed by atoms with Crippen molar-refractivity contribution in [1.29, 1.82) is 0 Å². The second-order valence-corrected chi connectivity index (χ2v) is 3.32. The highest BCUT2D eigenvalue weighted by molar-refractivity contribution is 5.36. The van der Waals surface area contributed by atoms with Gasteiger partial charge in [0.05, 0.1) is 0 Å². The summed E-state index contributed by atoms with van der Waals surface area (Å²) in [6.45, 7) is 5.15. The van der Waals surface area contributed by atoms with Crippen LogP contribution in [0.3, 0.4) is 0 Å². The number of hydrogen-bond acceptors (Lipinski definition) is 4. The molecular formula is C9H16N4O. The second kappa shape index (κ2) is 4.76. The molecule has 0 radical (unpaired) electrons. The number of anilines is 1. The van der Waals surface area contributed by atoms with Crippen LogP contribution >= 0.6 is 0 Å². The average Bonchev–Trinajstić information content (AvgIpc) is 2.15. The lowest BCUT2D eigenvalue weighted by molar-refractivity contribution is 0.669. The lowest BCUT2D eigenvalue weighted by Gasteiger charge is -2.25. The summed E-state index contributed by atoms with van der Waals surface area (Å²) in [6.07, 6.45) is 3.09. The molecule has 0 bridgehead atoms. The summed E-state index contributed by atoms with van der Waals surface area (Å²) in [4.78, 5) is 20.0. The van der Waals surface area contributed by atoms with E-state index < -0.39 is 0 Å². The third kappa shape index (κ3) is 2.32. The van der Waals surface area contributed by atoms with Crippen LogP contribution in [0, 0.1) is 0 Å². The largest absolute Gasteiger partial charge is 0.348 e. The first kappa shape index (κ1) is 10.7. The van der Waals surface area contributed by atoms with E-state index in [9.17, 15) is 4.79 Å². The van der Waals surface area contributed by atoms with Gasteiger partial charge in [-0.2, -0.15) is 0 Å². The quantitative estimate of drug-likeness (QED) is 0.707. The van der Waals surface area contributed by atoms with Crippen molar-refractivity contribution in [2.75, 3.05) is 18.0 Å². The molecule has 5 nitrogen and oxygen atoms in total. The molecule has 0 saturated carbocycles. The molecule has 0 aliphatic carbocycles. The fourth-order valence-corrected chi connectivity index (χ4v) is 1.30. The van der Waals surface area contributed by atoms with Crippen LogP contribution in [0.1, 0.15) is 13.8 Å². The van der Waals surface area contributed by atoms with Gasteiger partial charge in [0.1, 0.15) is 0 Å². The maximum atomic E-state index is 11.4. The third-order valence-corrected chi connectivity index (χ3v) is 1.95. The van der Waals surface area contributed by atoms with E-state index in [0.29, 0.717) is 18.9 Å². The van der Waals surface area contributed by atoms with E-state index in [1.807, 2.05) is 18.7 Å². The summed E-state index contributed by atoms with van der Waals surface area (Å²) < 4.78 is 0. The zero-order chi connectivity index (χ0) is 10.6. The standard InChI is InChI=1S/C9H16N4O/c1-7(2)13(6-3-10)8-9(14)12-5-4-11-8/h4-5,7H,3,6,10H2,1-2H3,(H,12,14). The highest BCUT2D eigenvalue weighted by atomic mass is 16.1. The summed E-state index contributed by atoms with van der Waals surface area (Å²) in [7, 11) is 0. The van der Waals surface area contributed by atoms with Gasteiger partial charge in [0.2, 0.25) is 0 Å². The Labute approximate surface area is 83.0 Å². The van der Waals surface area contributed by atoms with Gasteiger partial charge >= 0.3 is 0 Å². The molecule has 0 spiro atoms. The highest BCUT2D eigenvalue weighted by Gasteiger charge is 2.13. The topological polar surface area (TPSA) is 75.0 Å². The molecule has 3 N–H and O–H groups in total. The van der Waals surface area contributed by atoms with Crippen molar-refractivity contribution in [1.82, 2.24) is 9.97 Å². The number of hydrogen-bond donors (Lipinski definition) is 2. The van der Waals surface area contributed by atoms with Gasteiger partial charge in [0.25, 0.3) is 5.56 Å². The molecule has 0 aliphatic heterocycles. The van der Waals surface area contributed by atoms with E-state index >= 15 is 0 Å². The summed E-state index contributed by atoms with van der Waals surface area (Å²) in [5.41, 5.74) is 5.30. The van der Waals surface area contributed by atoms with Crippen LogP contribution in [-0.4, -0.2) is 29.1 Å². The fraction of sp³-hybridized carbons (Fsp3) is 0.556. The zero-order valence-corrected chi connectivity index (χ0v) is 8.53. The van der Waals surface area contributed by atoms with E-state index in [0.717, 1.165) is 0 Å². The first-order chi connectivity index (χ1) is 6.66. The van der Waals surface area contributed by atoms with E-state index in [4.69, 9.17) is 5.73 Å². The van der Waals surface area contributed by atoms with E-state index in [1.54, 1.807) is 6.20 Å². The molecule has 5 heteroatoms. The third-order valence-electron chi connectivity index (χ3n) is 1.95. The number of nitrogens with two attached hydrogens (primary N) is 1. The van der Waals surface area contributed by atoms with Gasteiger partial charge in [-0.15, -0.1) is 0 Å². The summed E-state index contributed by atoms with van der Waals surface area (Å²) in [5.74, 6) is 0.438. The SMILES string of the molecule is CC(C)N(CCN)c1ncc[nH]c1=O. The smallest absolute Gasteiger partial charge is 0.290 e. The van der Waals surface area contributed by atoms with Crippen LogP contribution in [0.15, 0.2) is 17.2 Å². The van der Waals surface area contributed by atoms with Crippen molar-refractivity contribution in [3.8, 4) is 0 Å². The van der Waals surface area contributed by atoms with Crippen molar-refractivity contribution in [2.24, 2.45) is 5.73 Å². The van der Waals surface area contributed by atoms with Gasteiger partial charge in [-0.25, -0.2) is 4.98 Å². The van der Waals surface area contributed by atoms with Crippen molar-refractivity contribution in [3.05, 3.63) is 22.7 Å². The molecular weight excluding hydrogens is 180 g/mol. The van der Waals surface area contributed by atoms with E-state index in [-0.39, 0.29) is 11.6 Å². The minimum atomic E-state index is -0.172. The molecule has 0 saturated heterocycles. The first-order valence-electron chi connectivity index (χ1n) is 4.67. The Morgan fingerprint density at radius 3 is 2.86 bits per heavy atom. The predicted molar refractivity (Wildman–Crippen MR) is 56.4 cm³/mol. The Morgan fingerprint density at radius 2 is 2.36 bits per heavy atom. The molecule has 78 valence electrons. The molecule has 0 atom stereocenters. The molecule has 0 aliphatic rings. The number of aromatic amines is 1. The minimum Gasteiger partial charge on any atom is -0.348 e.